The van der Waals surface area contributed by atoms with Crippen LogP contribution in [0, 0.1) is 23.7 Å². The summed E-state index contributed by atoms with van der Waals surface area (Å²) in [4.78, 5) is 59.6. The van der Waals surface area contributed by atoms with Gasteiger partial charge in [0.25, 0.3) is 0 Å². The third kappa shape index (κ3) is 15.7. The molecule has 12 aromatic rings. The van der Waals surface area contributed by atoms with E-state index in [4.69, 9.17) is 22.9 Å². The smallest absolute Gasteiger partial charge is 0.221 e. The van der Waals surface area contributed by atoms with Crippen LogP contribution in [0.2, 0.25) is 0 Å². The van der Waals surface area contributed by atoms with Gasteiger partial charge in [-0.2, -0.15) is 19.9 Å². The first-order valence-corrected chi connectivity index (χ1v) is 35.1. The molecule has 0 bridgehead atoms. The van der Waals surface area contributed by atoms with Crippen LogP contribution in [-0.4, -0.2) is 235 Å². The van der Waals surface area contributed by atoms with Crippen LogP contribution in [0.4, 0.5) is 47.1 Å². The first-order valence-electron chi connectivity index (χ1n) is 33.4. The molecule has 0 aliphatic heterocycles. The van der Waals surface area contributed by atoms with E-state index in [-0.39, 0.29) is 62.1 Å². The molecule has 548 valence electrons. The quantitative estimate of drug-likeness (QED) is 0.0645. The van der Waals surface area contributed by atoms with Gasteiger partial charge in [0.05, 0.1) is 115 Å². The molecule has 4 saturated carbocycles. The molecule has 24 N–H and O–H groups in total. The Morgan fingerprint density at radius 2 is 0.810 bits per heavy atom. The maximum absolute atomic E-state index is 10.3. The minimum absolute atomic E-state index is 0.0887. The van der Waals surface area contributed by atoms with Crippen molar-refractivity contribution in [1.82, 2.24) is 74.2 Å². The average molecular weight is 1470 g/mol. The molecule has 0 amide bonds. The molecule has 4 aliphatic carbocycles. The highest BCUT2D eigenvalue weighted by Crippen LogP contribution is 2.40. The summed E-state index contributed by atoms with van der Waals surface area (Å²) in [5.41, 5.74) is 30.2. The van der Waals surface area contributed by atoms with Crippen LogP contribution in [0.5, 0.6) is 0 Å². The predicted molar refractivity (Wildman–Crippen MR) is 392 cm³/mol. The third-order valence-corrected chi connectivity index (χ3v) is 21.2. The standard InChI is InChI=1S/C19H21N5O3.C17H20N6O3.2C16H18N6O3S/c20-19-21-8-12(14-6-5-10-3-1-2-4-13(10)22-14)18(24-19)23-15-7-11(9-25)16(26)17(15)27;18-17-20-6-10(12-7-19-13-3-1-2-4-23(12)13)16(22-17)21-11-5-9(8-24)14(25)15(11)26;17-16-19-4-8(15-21-10-5-18-2-1-11(10)26-15)14(22-16)20-9-3-7(6-23)12(24)13(9)25;17-16-19-4-8(15-21-9-1-2-18-5-11(9)26-15)14(22-16)20-10-3-7(6-23)12(24)13(10)25/h1-6,8,11,15-17,25-27H,7,9H2,(H3,20,21,23,24);1-4,6-7,9,11,14-15,24-26H,5,8H2,(H3,18,20,21,22);1-2,4-5,7,9,12-13,23-25H,3,6H2,(H3,17,19,20,22);1-2,4-5,7,10,12-13,23-25H,3,6H2,(H3,17,19,20,22)/t11-,15-,16-,17+;9-,11-,14-,15+;7-,9-,12-,13+;7-,10-,12-,13+/m1111/s1. The molecule has 4 aliphatic rings. The zero-order chi connectivity index (χ0) is 73.7. The van der Waals surface area contributed by atoms with Gasteiger partial charge in [-0.05, 0) is 62.1 Å². The fourth-order valence-electron chi connectivity index (χ4n) is 13.3. The SMILES string of the molecule is Nc1ncc(-c2ccc3ccccc3n2)c(N[C@@H]2C[C@H](CO)[C@@H](O)[C@H]2O)n1.Nc1ncc(-c2cnc3ccccn23)c(N[C@@H]2C[C@H](CO)[C@@H](O)[C@H]2O)n1.Nc1ncc(-c2nc3ccncc3s2)c(N[C@@H]2C[C@H](CO)[C@@H](O)[C@H]2O)n1.Nc1ncc(-c2nc3cnccc3s2)c(N[C@@H]2C[C@H](CO)[C@@H](O)[C@H]2O)n1. The molecule has 0 radical (unpaired) electrons. The van der Waals surface area contributed by atoms with E-state index in [0.29, 0.717) is 86.9 Å². The molecule has 0 unspecified atom stereocenters. The summed E-state index contributed by atoms with van der Waals surface area (Å²) in [5.74, 6) is 0.538. The maximum Gasteiger partial charge on any atom is 0.221 e. The summed E-state index contributed by atoms with van der Waals surface area (Å²) >= 11 is 2.92. The Labute approximate surface area is 604 Å². The van der Waals surface area contributed by atoms with Crippen LogP contribution in [0.3, 0.4) is 0 Å². The molecule has 16 rings (SSSR count). The van der Waals surface area contributed by atoms with Crippen LogP contribution < -0.4 is 44.2 Å². The fraction of sp³-hybridized carbons (Fsp3) is 0.353. The number of benzene rings is 1. The van der Waals surface area contributed by atoms with Crippen molar-refractivity contribution in [2.45, 2.75) is 98.7 Å². The molecule has 35 nitrogen and oxygen atoms in total. The Kier molecular flexibility index (Phi) is 22.2. The highest BCUT2D eigenvalue weighted by atomic mass is 32.1. The Bertz CT molecular complexity index is 4760. The molecule has 37 heteroatoms. The van der Waals surface area contributed by atoms with Gasteiger partial charge in [-0.25, -0.2) is 39.9 Å². The van der Waals surface area contributed by atoms with Gasteiger partial charge in [0.15, 0.2) is 0 Å². The fourth-order valence-corrected chi connectivity index (χ4v) is 15.2. The van der Waals surface area contributed by atoms with Gasteiger partial charge in [0.1, 0.15) is 68.9 Å². The van der Waals surface area contributed by atoms with Crippen LogP contribution in [0.25, 0.3) is 80.6 Å². The van der Waals surface area contributed by atoms with E-state index in [9.17, 15) is 61.3 Å². The molecule has 0 spiro atoms. The largest absolute Gasteiger partial charge is 0.396 e. The zero-order valence-electron chi connectivity index (χ0n) is 55.7. The van der Waals surface area contributed by atoms with Gasteiger partial charge in [-0.1, -0.05) is 30.3 Å². The van der Waals surface area contributed by atoms with Crippen molar-refractivity contribution in [3.8, 4) is 43.7 Å². The molecule has 11 heterocycles. The number of nitrogens with zero attached hydrogens (tertiary/aromatic N) is 15. The minimum atomic E-state index is -1.02. The Morgan fingerprint density at radius 1 is 0.381 bits per heavy atom. The average Bonchev–Trinajstić information content (AvgIpc) is 1.76. The number of imidazole rings is 1. The van der Waals surface area contributed by atoms with E-state index < -0.39 is 84.8 Å². The number of aromatic nitrogens is 15. The van der Waals surface area contributed by atoms with Crippen molar-refractivity contribution in [2.75, 3.05) is 70.6 Å². The normalized spacial score (nSPS) is 25.5. The van der Waals surface area contributed by atoms with Crippen LogP contribution in [0.1, 0.15) is 25.7 Å². The van der Waals surface area contributed by atoms with Crippen molar-refractivity contribution >= 4 is 107 Å². The van der Waals surface area contributed by atoms with Gasteiger partial charge >= 0.3 is 0 Å². The summed E-state index contributed by atoms with van der Waals surface area (Å²) in [5, 5.41) is 134. The summed E-state index contributed by atoms with van der Waals surface area (Å²) in [7, 11) is 0. The number of hydrogen-bond acceptors (Lipinski definition) is 36. The number of nitrogen functional groups attached to an aromatic ring is 4. The molecule has 16 atom stereocenters. The van der Waals surface area contributed by atoms with Crippen molar-refractivity contribution in [3.63, 3.8) is 0 Å². The summed E-state index contributed by atoms with van der Waals surface area (Å²) in [6.45, 7) is -0.774. The van der Waals surface area contributed by atoms with E-state index in [2.05, 4.69) is 91.0 Å². The van der Waals surface area contributed by atoms with Gasteiger partial charge < -0.3 is 105 Å². The number of aliphatic hydroxyl groups excluding tert-OH is 12. The zero-order valence-corrected chi connectivity index (χ0v) is 57.4. The molecule has 1 aromatic carbocycles. The van der Waals surface area contributed by atoms with E-state index >= 15 is 0 Å². The molecule has 105 heavy (non-hydrogen) atoms. The predicted octanol–water partition coefficient (Wildman–Crippen LogP) is 1.17. The summed E-state index contributed by atoms with van der Waals surface area (Å²) < 4.78 is 3.81. The lowest BCUT2D eigenvalue weighted by atomic mass is 10.1. The molecule has 11 aromatic heterocycles. The number of hydrogen-bond donors (Lipinski definition) is 20. The molecular formula is C68H77N23O12S2. The molecule has 0 saturated heterocycles. The topological polar surface area (TPSA) is 580 Å². The number of anilines is 8. The second-order valence-electron chi connectivity index (χ2n) is 25.8. The minimum Gasteiger partial charge on any atom is -0.396 e. The van der Waals surface area contributed by atoms with E-state index in [1.807, 2.05) is 77.3 Å². The van der Waals surface area contributed by atoms with E-state index in [1.54, 1.807) is 55.8 Å². The van der Waals surface area contributed by atoms with E-state index in [1.165, 1.54) is 22.7 Å². The Hall–Kier alpha value is -10.4. The van der Waals surface area contributed by atoms with Crippen molar-refractivity contribution in [3.05, 3.63) is 129 Å². The number of nitrogens with two attached hydrogens (primary N) is 4. The number of rotatable bonds is 16. The van der Waals surface area contributed by atoms with Crippen molar-refractivity contribution in [1.29, 1.82) is 0 Å². The van der Waals surface area contributed by atoms with Crippen molar-refractivity contribution in [2.24, 2.45) is 23.7 Å². The number of para-hydroxylation sites is 1. The number of nitrogens with one attached hydrogen (secondary N) is 4. The first-order chi connectivity index (χ1) is 50.8. The second kappa shape index (κ2) is 31.9. The van der Waals surface area contributed by atoms with Crippen LogP contribution in [0.15, 0.2) is 129 Å². The highest BCUT2D eigenvalue weighted by molar-refractivity contribution is 7.22. The van der Waals surface area contributed by atoms with Gasteiger partial charge in [0, 0.05) is 105 Å². The van der Waals surface area contributed by atoms with Gasteiger partial charge in [0.2, 0.25) is 23.8 Å². The lowest BCUT2D eigenvalue weighted by Crippen LogP contribution is -2.35. The Morgan fingerprint density at radius 3 is 1.30 bits per heavy atom. The number of fused-ring (bicyclic) bond motifs is 4. The Balaban J connectivity index is 0.000000124. The molecular weight excluding hydrogens is 1400 g/mol. The third-order valence-electron chi connectivity index (χ3n) is 19.1. The van der Waals surface area contributed by atoms with Crippen molar-refractivity contribution < 1.29 is 61.3 Å². The highest BCUT2D eigenvalue weighted by Gasteiger charge is 2.45. The number of pyridine rings is 4. The maximum atomic E-state index is 10.3. The van der Waals surface area contributed by atoms with Crippen LogP contribution in [-0.2, 0) is 0 Å². The van der Waals surface area contributed by atoms with Gasteiger partial charge in [-0.15, -0.1) is 22.7 Å². The number of thiazole rings is 2. The summed E-state index contributed by atoms with van der Waals surface area (Å²) in [6, 6.07) is 19.1. The molecule has 4 fully saturated rings. The second-order valence-corrected chi connectivity index (χ2v) is 27.9. The number of aliphatic hydroxyl groups is 12. The van der Waals surface area contributed by atoms with Crippen LogP contribution >= 0.6 is 22.7 Å². The lowest BCUT2D eigenvalue weighted by molar-refractivity contribution is 0.00443. The van der Waals surface area contributed by atoms with Gasteiger partial charge in [-0.3, -0.25) is 14.4 Å². The van der Waals surface area contributed by atoms with E-state index in [0.717, 1.165) is 42.7 Å². The first kappa shape index (κ1) is 73.0. The monoisotopic (exact) mass is 1470 g/mol. The summed E-state index contributed by atoms with van der Waals surface area (Å²) in [6.07, 6.45) is 10.4. The lowest BCUT2D eigenvalue weighted by Gasteiger charge is -2.20.